The second kappa shape index (κ2) is 6.12. The van der Waals surface area contributed by atoms with Gasteiger partial charge in [-0.25, -0.2) is 4.98 Å². The van der Waals surface area contributed by atoms with E-state index in [1.165, 1.54) is 11.5 Å². The smallest absolute Gasteiger partial charge is 0.182 e. The highest BCUT2D eigenvalue weighted by molar-refractivity contribution is 8.04. The molecule has 0 amide bonds. The summed E-state index contributed by atoms with van der Waals surface area (Å²) in [7, 11) is 0. The Hall–Kier alpha value is -0.180. The van der Waals surface area contributed by atoms with Gasteiger partial charge < -0.3 is 0 Å². The van der Waals surface area contributed by atoms with Gasteiger partial charge in [0.05, 0.1) is 0 Å². The second-order valence-corrected chi connectivity index (χ2v) is 8.18. The van der Waals surface area contributed by atoms with E-state index in [0.717, 1.165) is 24.6 Å². The highest BCUT2D eigenvalue weighted by Gasteiger charge is 2.11. The lowest BCUT2D eigenvalue weighted by Gasteiger charge is -1.93. The maximum atomic E-state index is 4.46. The summed E-state index contributed by atoms with van der Waals surface area (Å²) in [5.74, 6) is 2.31. The zero-order chi connectivity index (χ0) is 12.3. The maximum Gasteiger partial charge on any atom is 0.182 e. The Balaban J connectivity index is 2.03. The van der Waals surface area contributed by atoms with Gasteiger partial charge in [-0.1, -0.05) is 43.9 Å². The molecule has 0 unspecified atom stereocenters. The highest BCUT2D eigenvalue weighted by Crippen LogP contribution is 2.34. The van der Waals surface area contributed by atoms with E-state index in [0.29, 0.717) is 5.92 Å². The number of rotatable bonds is 5. The van der Waals surface area contributed by atoms with Gasteiger partial charge in [0.15, 0.2) is 13.0 Å². The van der Waals surface area contributed by atoms with Crippen molar-refractivity contribution < 1.29 is 0 Å². The molecular weight excluding hydrogens is 292 g/mol. The van der Waals surface area contributed by atoms with Crippen molar-refractivity contribution >= 4 is 46.4 Å². The van der Waals surface area contributed by atoms with Crippen molar-refractivity contribution in [2.45, 2.75) is 39.7 Å². The summed E-state index contributed by atoms with van der Waals surface area (Å²) >= 11 is 6.31. The molecule has 0 radical (unpaired) electrons. The van der Waals surface area contributed by atoms with Crippen LogP contribution in [0.15, 0.2) is 13.0 Å². The van der Waals surface area contributed by atoms with Crippen LogP contribution in [0.2, 0.25) is 0 Å². The molecular formula is C9H12N4S4. The molecule has 0 saturated carbocycles. The van der Waals surface area contributed by atoms with Crippen LogP contribution in [-0.2, 0) is 0 Å². The zero-order valence-electron chi connectivity index (χ0n) is 9.71. The van der Waals surface area contributed by atoms with Crippen molar-refractivity contribution in [2.75, 3.05) is 5.75 Å². The SMILES string of the molecule is CCSc1nnc(Sc2nc(C(C)C)ns2)s1. The fourth-order valence-electron chi connectivity index (χ4n) is 0.991. The van der Waals surface area contributed by atoms with Gasteiger partial charge in [-0.2, -0.15) is 4.37 Å². The highest BCUT2D eigenvalue weighted by atomic mass is 32.2. The standard InChI is InChI=1S/C9H12N4S4/c1-4-14-8-11-12-9(16-8)15-7-10-6(5(2)3)13-17-7/h5H,4H2,1-3H3. The van der Waals surface area contributed by atoms with Crippen LogP contribution in [0.3, 0.4) is 0 Å². The van der Waals surface area contributed by atoms with E-state index in [1.54, 1.807) is 34.9 Å². The van der Waals surface area contributed by atoms with Crippen LogP contribution < -0.4 is 0 Å². The molecule has 4 nitrogen and oxygen atoms in total. The zero-order valence-corrected chi connectivity index (χ0v) is 13.0. The molecule has 0 atom stereocenters. The molecule has 2 heterocycles. The van der Waals surface area contributed by atoms with Crippen molar-refractivity contribution in [3.63, 3.8) is 0 Å². The van der Waals surface area contributed by atoms with Crippen LogP contribution in [0.5, 0.6) is 0 Å². The van der Waals surface area contributed by atoms with Gasteiger partial charge in [-0.15, -0.1) is 10.2 Å². The Kier molecular flexibility index (Phi) is 4.78. The predicted molar refractivity (Wildman–Crippen MR) is 74.4 cm³/mol. The summed E-state index contributed by atoms with van der Waals surface area (Å²) in [5.41, 5.74) is 0. The normalized spacial score (nSPS) is 11.3. The molecule has 0 N–H and O–H groups in total. The van der Waals surface area contributed by atoms with E-state index in [9.17, 15) is 0 Å². The molecule has 0 saturated heterocycles. The van der Waals surface area contributed by atoms with Crippen LogP contribution >= 0.6 is 46.4 Å². The van der Waals surface area contributed by atoms with Gasteiger partial charge in [0.1, 0.15) is 5.82 Å². The molecule has 0 fully saturated rings. The first-order valence-corrected chi connectivity index (χ1v) is 8.56. The third-order valence-corrected chi connectivity index (χ3v) is 5.52. The van der Waals surface area contributed by atoms with E-state index in [1.807, 2.05) is 0 Å². The summed E-state index contributed by atoms with van der Waals surface area (Å²) in [6, 6.07) is 0. The van der Waals surface area contributed by atoms with E-state index >= 15 is 0 Å². The number of thioether (sulfide) groups is 1. The van der Waals surface area contributed by atoms with Crippen molar-refractivity contribution in [2.24, 2.45) is 0 Å². The summed E-state index contributed by atoms with van der Waals surface area (Å²) in [6.07, 6.45) is 0. The molecule has 17 heavy (non-hydrogen) atoms. The Morgan fingerprint density at radius 3 is 2.59 bits per heavy atom. The Bertz CT molecular complexity index is 479. The Morgan fingerprint density at radius 2 is 1.94 bits per heavy atom. The molecule has 0 aliphatic heterocycles. The average molecular weight is 304 g/mol. The van der Waals surface area contributed by atoms with Gasteiger partial charge in [0, 0.05) is 5.92 Å². The molecule has 0 aliphatic rings. The lowest BCUT2D eigenvalue weighted by molar-refractivity contribution is 0.789. The minimum absolute atomic E-state index is 0.376. The van der Waals surface area contributed by atoms with Crippen LogP contribution in [-0.4, -0.2) is 25.3 Å². The summed E-state index contributed by atoms with van der Waals surface area (Å²) in [6.45, 7) is 6.30. The topological polar surface area (TPSA) is 51.6 Å². The largest absolute Gasteiger partial charge is 0.212 e. The van der Waals surface area contributed by atoms with E-state index in [4.69, 9.17) is 0 Å². The summed E-state index contributed by atoms with van der Waals surface area (Å²) in [5, 5.41) is 8.24. The lowest BCUT2D eigenvalue weighted by Crippen LogP contribution is -1.88. The number of hydrogen-bond donors (Lipinski definition) is 0. The van der Waals surface area contributed by atoms with Crippen LogP contribution in [0.25, 0.3) is 0 Å². The lowest BCUT2D eigenvalue weighted by atomic mass is 10.2. The van der Waals surface area contributed by atoms with Gasteiger partial charge in [0.2, 0.25) is 0 Å². The van der Waals surface area contributed by atoms with Crippen molar-refractivity contribution in [3.8, 4) is 0 Å². The van der Waals surface area contributed by atoms with E-state index in [2.05, 4.69) is 40.3 Å². The van der Waals surface area contributed by atoms with Gasteiger partial charge in [-0.05, 0) is 29.0 Å². The molecule has 8 heteroatoms. The summed E-state index contributed by atoms with van der Waals surface area (Å²) < 4.78 is 7.21. The van der Waals surface area contributed by atoms with Crippen molar-refractivity contribution in [1.29, 1.82) is 0 Å². The first-order valence-electron chi connectivity index (χ1n) is 5.16. The third kappa shape index (κ3) is 3.64. The van der Waals surface area contributed by atoms with Gasteiger partial charge >= 0.3 is 0 Å². The van der Waals surface area contributed by atoms with Crippen LogP contribution in [0, 0.1) is 0 Å². The molecule has 0 bridgehead atoms. The number of nitrogens with zero attached hydrogens (tertiary/aromatic N) is 4. The average Bonchev–Trinajstić information content (AvgIpc) is 2.89. The fraction of sp³-hybridized carbons (Fsp3) is 0.556. The molecule has 0 spiro atoms. The van der Waals surface area contributed by atoms with Crippen molar-refractivity contribution in [3.05, 3.63) is 5.82 Å². The quantitative estimate of drug-likeness (QED) is 0.784. The van der Waals surface area contributed by atoms with Gasteiger partial charge in [-0.3, -0.25) is 0 Å². The Labute approximate surface area is 117 Å². The Morgan fingerprint density at radius 1 is 1.18 bits per heavy atom. The molecule has 2 aromatic rings. The fourth-order valence-corrected chi connectivity index (χ4v) is 4.86. The first kappa shape index (κ1) is 13.3. The maximum absolute atomic E-state index is 4.46. The van der Waals surface area contributed by atoms with Crippen LogP contribution in [0.4, 0.5) is 0 Å². The molecule has 2 aromatic heterocycles. The van der Waals surface area contributed by atoms with E-state index in [-0.39, 0.29) is 0 Å². The third-order valence-electron chi connectivity index (χ3n) is 1.77. The van der Waals surface area contributed by atoms with E-state index < -0.39 is 0 Å². The molecule has 0 aliphatic carbocycles. The molecule has 2 rings (SSSR count). The minimum atomic E-state index is 0.376. The summed E-state index contributed by atoms with van der Waals surface area (Å²) in [4.78, 5) is 4.46. The van der Waals surface area contributed by atoms with Crippen LogP contribution in [0.1, 0.15) is 32.5 Å². The second-order valence-electron chi connectivity index (χ2n) is 3.44. The predicted octanol–water partition coefficient (Wildman–Crippen LogP) is 3.78. The van der Waals surface area contributed by atoms with Gasteiger partial charge in [0.25, 0.3) is 0 Å². The monoisotopic (exact) mass is 304 g/mol. The number of aromatic nitrogens is 4. The molecule has 0 aromatic carbocycles. The number of hydrogen-bond acceptors (Lipinski definition) is 8. The minimum Gasteiger partial charge on any atom is -0.212 e. The van der Waals surface area contributed by atoms with Crippen molar-refractivity contribution in [1.82, 2.24) is 19.6 Å². The first-order chi connectivity index (χ1) is 8.19. The molecule has 92 valence electrons.